The third-order valence-electron chi connectivity index (χ3n) is 3.56. The van der Waals surface area contributed by atoms with Crippen LogP contribution in [-0.2, 0) is 12.7 Å². The molecule has 0 fully saturated rings. The second-order valence-corrected chi connectivity index (χ2v) is 4.95. The maximum absolute atomic E-state index is 12.7. The molecule has 21 heavy (non-hydrogen) atoms. The van der Waals surface area contributed by atoms with Gasteiger partial charge in [0.1, 0.15) is 5.75 Å². The number of hydrogen-bond donors (Lipinski definition) is 1. The van der Waals surface area contributed by atoms with Crippen LogP contribution in [0.3, 0.4) is 0 Å². The van der Waals surface area contributed by atoms with E-state index in [2.05, 4.69) is 10.3 Å². The molecule has 7 heteroatoms. The number of nitrogens with zero attached hydrogens (tertiary/aromatic N) is 2. The lowest BCUT2D eigenvalue weighted by Crippen LogP contribution is -2.25. The largest absolute Gasteiger partial charge is 0.497 e. The highest BCUT2D eigenvalue weighted by molar-refractivity contribution is 5.37. The molecule has 0 radical (unpaired) electrons. The first-order chi connectivity index (χ1) is 9.97. The van der Waals surface area contributed by atoms with Crippen molar-refractivity contribution in [2.75, 3.05) is 19.0 Å². The normalized spacial score (nSPS) is 18.0. The molecular formula is C14H14F3N3O. The van der Waals surface area contributed by atoms with Crippen LogP contribution in [0, 0.1) is 0 Å². The molecule has 2 aromatic rings. The molecule has 1 aromatic carbocycles. The van der Waals surface area contributed by atoms with Crippen molar-refractivity contribution in [3.05, 3.63) is 41.7 Å². The topological polar surface area (TPSA) is 39.1 Å². The van der Waals surface area contributed by atoms with E-state index in [1.807, 2.05) is 24.3 Å². The van der Waals surface area contributed by atoms with Gasteiger partial charge < -0.3 is 14.6 Å². The van der Waals surface area contributed by atoms with Crippen LogP contribution in [0.25, 0.3) is 0 Å². The first-order valence-electron chi connectivity index (χ1n) is 6.49. The minimum Gasteiger partial charge on any atom is -0.497 e. The van der Waals surface area contributed by atoms with Crippen LogP contribution < -0.4 is 10.1 Å². The zero-order chi connectivity index (χ0) is 15.0. The standard InChI is InChI=1S/C14H14F3N3O/c1-21-11-4-2-3-9(5-11)10-6-18-13-19-12(14(15,16)17)8-20(13)7-10/h2-5,8,10H,6-7H2,1H3,(H,18,19). The monoisotopic (exact) mass is 297 g/mol. The van der Waals surface area contributed by atoms with Gasteiger partial charge in [0.05, 0.1) is 7.11 Å². The van der Waals surface area contributed by atoms with Crippen molar-refractivity contribution in [2.45, 2.75) is 18.6 Å². The lowest BCUT2D eigenvalue weighted by atomic mass is 9.97. The number of alkyl halides is 3. The van der Waals surface area contributed by atoms with Gasteiger partial charge in [0, 0.05) is 25.2 Å². The molecule has 3 rings (SSSR count). The minimum atomic E-state index is -4.42. The van der Waals surface area contributed by atoms with Crippen molar-refractivity contribution >= 4 is 5.95 Å². The van der Waals surface area contributed by atoms with Gasteiger partial charge in [-0.2, -0.15) is 13.2 Å². The summed E-state index contributed by atoms with van der Waals surface area (Å²) in [7, 11) is 1.59. The number of aromatic nitrogens is 2. The van der Waals surface area contributed by atoms with Crippen molar-refractivity contribution in [2.24, 2.45) is 0 Å². The van der Waals surface area contributed by atoms with Gasteiger partial charge in [0.15, 0.2) is 5.69 Å². The second-order valence-electron chi connectivity index (χ2n) is 4.95. The molecule has 1 aliphatic rings. The molecule has 0 bridgehead atoms. The Kier molecular flexibility index (Phi) is 3.27. The Hall–Kier alpha value is -2.18. The fraction of sp³-hybridized carbons (Fsp3) is 0.357. The third kappa shape index (κ3) is 2.68. The van der Waals surface area contributed by atoms with Crippen LogP contribution in [0.4, 0.5) is 19.1 Å². The lowest BCUT2D eigenvalue weighted by molar-refractivity contribution is -0.140. The van der Waals surface area contributed by atoms with Gasteiger partial charge in [-0.3, -0.25) is 0 Å². The Balaban J connectivity index is 1.85. The van der Waals surface area contributed by atoms with Gasteiger partial charge in [-0.25, -0.2) is 4.98 Å². The SMILES string of the molecule is COc1cccc(C2CNc3nc(C(F)(F)F)cn3C2)c1. The number of nitrogens with one attached hydrogen (secondary N) is 1. The fourth-order valence-corrected chi connectivity index (χ4v) is 2.47. The van der Waals surface area contributed by atoms with Crippen molar-refractivity contribution in [3.8, 4) is 5.75 Å². The molecule has 0 saturated carbocycles. The molecule has 1 unspecified atom stereocenters. The summed E-state index contributed by atoms with van der Waals surface area (Å²) in [4.78, 5) is 3.59. The van der Waals surface area contributed by atoms with E-state index >= 15 is 0 Å². The van der Waals surface area contributed by atoms with Crippen LogP contribution in [0.1, 0.15) is 17.2 Å². The first kappa shape index (κ1) is 13.8. The van der Waals surface area contributed by atoms with E-state index in [0.29, 0.717) is 13.1 Å². The van der Waals surface area contributed by atoms with Gasteiger partial charge in [0.25, 0.3) is 0 Å². The Morgan fingerprint density at radius 1 is 1.38 bits per heavy atom. The summed E-state index contributed by atoms with van der Waals surface area (Å²) < 4.78 is 44.7. The lowest BCUT2D eigenvalue weighted by Gasteiger charge is -2.25. The summed E-state index contributed by atoms with van der Waals surface area (Å²) in [6, 6.07) is 7.56. The number of hydrogen-bond acceptors (Lipinski definition) is 3. The number of fused-ring (bicyclic) bond motifs is 1. The zero-order valence-electron chi connectivity index (χ0n) is 11.3. The van der Waals surface area contributed by atoms with Crippen LogP contribution in [0.15, 0.2) is 30.5 Å². The van der Waals surface area contributed by atoms with E-state index < -0.39 is 11.9 Å². The molecule has 1 N–H and O–H groups in total. The molecule has 112 valence electrons. The molecule has 0 spiro atoms. The Labute approximate surface area is 119 Å². The molecule has 0 saturated heterocycles. The predicted molar refractivity (Wildman–Crippen MR) is 71.5 cm³/mol. The number of ether oxygens (including phenoxy) is 1. The fourth-order valence-electron chi connectivity index (χ4n) is 2.47. The number of rotatable bonds is 2. The molecule has 0 aliphatic carbocycles. The maximum Gasteiger partial charge on any atom is 0.434 e. The number of halogens is 3. The minimum absolute atomic E-state index is 0.0721. The van der Waals surface area contributed by atoms with Crippen LogP contribution in [0.5, 0.6) is 5.75 Å². The second kappa shape index (κ2) is 4.98. The first-order valence-corrected chi connectivity index (χ1v) is 6.49. The van der Waals surface area contributed by atoms with Gasteiger partial charge in [-0.05, 0) is 17.7 Å². The smallest absolute Gasteiger partial charge is 0.434 e. The van der Waals surface area contributed by atoms with Gasteiger partial charge in [-0.1, -0.05) is 12.1 Å². The van der Waals surface area contributed by atoms with E-state index in [-0.39, 0.29) is 11.9 Å². The highest BCUT2D eigenvalue weighted by atomic mass is 19.4. The number of methoxy groups -OCH3 is 1. The number of anilines is 1. The van der Waals surface area contributed by atoms with Crippen molar-refractivity contribution < 1.29 is 17.9 Å². The summed E-state index contributed by atoms with van der Waals surface area (Å²) >= 11 is 0. The van der Waals surface area contributed by atoms with Crippen LogP contribution in [-0.4, -0.2) is 23.2 Å². The molecule has 1 aliphatic heterocycles. The van der Waals surface area contributed by atoms with Gasteiger partial charge in [0.2, 0.25) is 5.95 Å². The van der Waals surface area contributed by atoms with E-state index in [1.165, 1.54) is 4.57 Å². The maximum atomic E-state index is 12.7. The molecule has 2 heterocycles. The molecule has 1 atom stereocenters. The van der Waals surface area contributed by atoms with Gasteiger partial charge in [-0.15, -0.1) is 0 Å². The summed E-state index contributed by atoms with van der Waals surface area (Å²) in [5, 5.41) is 2.95. The highest BCUT2D eigenvalue weighted by Crippen LogP contribution is 2.33. The Morgan fingerprint density at radius 2 is 2.19 bits per heavy atom. The zero-order valence-corrected chi connectivity index (χ0v) is 11.3. The van der Waals surface area contributed by atoms with E-state index in [1.54, 1.807) is 7.11 Å². The van der Waals surface area contributed by atoms with Crippen LogP contribution in [0.2, 0.25) is 0 Å². The Morgan fingerprint density at radius 3 is 2.90 bits per heavy atom. The Bertz CT molecular complexity index is 651. The summed E-state index contributed by atoms with van der Waals surface area (Å²) in [6.07, 6.45) is -3.37. The average molecular weight is 297 g/mol. The number of imidazole rings is 1. The highest BCUT2D eigenvalue weighted by Gasteiger charge is 2.36. The van der Waals surface area contributed by atoms with E-state index in [9.17, 15) is 13.2 Å². The molecule has 4 nitrogen and oxygen atoms in total. The summed E-state index contributed by atoms with van der Waals surface area (Å²) in [6.45, 7) is 1.00. The molecule has 1 aromatic heterocycles. The van der Waals surface area contributed by atoms with Crippen LogP contribution >= 0.6 is 0 Å². The van der Waals surface area contributed by atoms with Crippen molar-refractivity contribution in [3.63, 3.8) is 0 Å². The van der Waals surface area contributed by atoms with E-state index in [4.69, 9.17) is 4.74 Å². The quantitative estimate of drug-likeness (QED) is 0.925. The summed E-state index contributed by atoms with van der Waals surface area (Å²) in [5.74, 6) is 1.07. The predicted octanol–water partition coefficient (Wildman–Crippen LogP) is 3.12. The van der Waals surface area contributed by atoms with Crippen molar-refractivity contribution in [1.29, 1.82) is 0 Å². The van der Waals surface area contributed by atoms with Gasteiger partial charge >= 0.3 is 6.18 Å². The molecule has 0 amide bonds. The molecular weight excluding hydrogens is 283 g/mol. The average Bonchev–Trinajstić information content (AvgIpc) is 2.90. The summed E-state index contributed by atoms with van der Waals surface area (Å²) in [5.41, 5.74) is 0.158. The van der Waals surface area contributed by atoms with E-state index in [0.717, 1.165) is 17.5 Å². The number of benzene rings is 1. The van der Waals surface area contributed by atoms with Crippen molar-refractivity contribution in [1.82, 2.24) is 9.55 Å². The third-order valence-corrected chi connectivity index (χ3v) is 3.56.